The summed E-state index contributed by atoms with van der Waals surface area (Å²) >= 11 is 12.3. The highest BCUT2D eigenvalue weighted by atomic mass is 35.5. The molecular formula is C19H24Cl2N4O. The first-order valence-electron chi connectivity index (χ1n) is 8.96. The van der Waals surface area contributed by atoms with Gasteiger partial charge in [-0.1, -0.05) is 17.7 Å². The van der Waals surface area contributed by atoms with Crippen LogP contribution < -0.4 is 15.0 Å². The zero-order valence-electron chi connectivity index (χ0n) is 15.1. The maximum atomic E-state index is 6.24. The predicted molar refractivity (Wildman–Crippen MR) is 106 cm³/mol. The van der Waals surface area contributed by atoms with Gasteiger partial charge in [-0.25, -0.2) is 9.97 Å². The Hall–Kier alpha value is -1.56. The summed E-state index contributed by atoms with van der Waals surface area (Å²) < 4.78 is 5.65. The molecule has 1 aromatic carbocycles. The Kier molecular flexibility index (Phi) is 6.57. The molecule has 7 heteroatoms. The summed E-state index contributed by atoms with van der Waals surface area (Å²) in [7, 11) is 0. The number of anilines is 1. The predicted octanol–water partition coefficient (Wildman–Crippen LogP) is 4.25. The molecule has 140 valence electrons. The van der Waals surface area contributed by atoms with E-state index in [9.17, 15) is 0 Å². The topological polar surface area (TPSA) is 50.3 Å². The summed E-state index contributed by atoms with van der Waals surface area (Å²) in [6.07, 6.45) is 3.91. The SMILES string of the molecule is CCOc1cc(CN(c2nc(Cl)ncc2C)C2CCNCC2)ccc1Cl. The standard InChI is InChI=1S/C19H24Cl2N4O/c1-3-26-17-10-14(4-5-16(17)20)12-25(15-6-8-22-9-7-15)18-13(2)11-23-19(21)24-18/h4-5,10-11,15,22H,3,6-9,12H2,1-2H3. The minimum Gasteiger partial charge on any atom is -0.492 e. The highest BCUT2D eigenvalue weighted by molar-refractivity contribution is 6.32. The van der Waals surface area contributed by atoms with Crippen molar-refractivity contribution < 1.29 is 4.74 Å². The molecule has 5 nitrogen and oxygen atoms in total. The zero-order valence-corrected chi connectivity index (χ0v) is 16.6. The maximum Gasteiger partial charge on any atom is 0.224 e. The Labute approximate surface area is 164 Å². The summed E-state index contributed by atoms with van der Waals surface area (Å²) in [5.74, 6) is 1.61. The molecule has 1 saturated heterocycles. The third-order valence-electron chi connectivity index (χ3n) is 4.59. The molecule has 0 bridgehead atoms. The molecule has 0 saturated carbocycles. The molecular weight excluding hydrogens is 371 g/mol. The van der Waals surface area contributed by atoms with E-state index in [1.165, 1.54) is 0 Å². The summed E-state index contributed by atoms with van der Waals surface area (Å²) in [5, 5.41) is 4.32. The summed E-state index contributed by atoms with van der Waals surface area (Å²) in [6, 6.07) is 6.34. The van der Waals surface area contributed by atoms with Crippen LogP contribution in [0.4, 0.5) is 5.82 Å². The van der Waals surface area contributed by atoms with Crippen molar-refractivity contribution in [2.75, 3.05) is 24.6 Å². The third-order valence-corrected chi connectivity index (χ3v) is 5.08. The Morgan fingerprint density at radius 1 is 1.27 bits per heavy atom. The first-order chi connectivity index (χ1) is 12.6. The van der Waals surface area contributed by atoms with E-state index >= 15 is 0 Å². The highest BCUT2D eigenvalue weighted by Crippen LogP contribution is 2.30. The van der Waals surface area contributed by atoms with Gasteiger partial charge in [-0.05, 0) is 69.1 Å². The lowest BCUT2D eigenvalue weighted by atomic mass is 10.0. The molecule has 2 heterocycles. The number of ether oxygens (including phenoxy) is 1. The van der Waals surface area contributed by atoms with E-state index in [4.69, 9.17) is 27.9 Å². The third kappa shape index (κ3) is 4.58. The van der Waals surface area contributed by atoms with Crippen LogP contribution in [0.3, 0.4) is 0 Å². The first-order valence-corrected chi connectivity index (χ1v) is 9.71. The summed E-state index contributed by atoms with van der Waals surface area (Å²) in [5.41, 5.74) is 2.15. The van der Waals surface area contributed by atoms with Crippen molar-refractivity contribution in [2.45, 2.75) is 39.3 Å². The van der Waals surface area contributed by atoms with Gasteiger partial charge in [0, 0.05) is 24.3 Å². The van der Waals surface area contributed by atoms with E-state index < -0.39 is 0 Å². The van der Waals surface area contributed by atoms with Gasteiger partial charge in [0.25, 0.3) is 0 Å². The Morgan fingerprint density at radius 2 is 2.04 bits per heavy atom. The molecule has 1 fully saturated rings. The van der Waals surface area contributed by atoms with Gasteiger partial charge in [-0.15, -0.1) is 0 Å². The smallest absolute Gasteiger partial charge is 0.224 e. The van der Waals surface area contributed by atoms with E-state index in [0.29, 0.717) is 17.7 Å². The molecule has 0 amide bonds. The van der Waals surface area contributed by atoms with Crippen LogP contribution in [0, 0.1) is 6.92 Å². The lowest BCUT2D eigenvalue weighted by Crippen LogP contribution is -2.43. The molecule has 1 aliphatic heterocycles. The van der Waals surface area contributed by atoms with Crippen LogP contribution in [0.15, 0.2) is 24.4 Å². The van der Waals surface area contributed by atoms with E-state index in [2.05, 4.69) is 20.2 Å². The van der Waals surface area contributed by atoms with E-state index in [0.717, 1.165) is 55.2 Å². The quantitative estimate of drug-likeness (QED) is 0.742. The molecule has 0 unspecified atom stereocenters. The Balaban J connectivity index is 1.93. The molecule has 0 radical (unpaired) electrons. The van der Waals surface area contributed by atoms with Crippen molar-refractivity contribution in [1.29, 1.82) is 0 Å². The fourth-order valence-electron chi connectivity index (χ4n) is 3.31. The minimum absolute atomic E-state index is 0.274. The summed E-state index contributed by atoms with van der Waals surface area (Å²) in [4.78, 5) is 11.0. The normalized spacial score (nSPS) is 15.1. The zero-order chi connectivity index (χ0) is 18.5. The van der Waals surface area contributed by atoms with Crippen molar-refractivity contribution in [2.24, 2.45) is 0 Å². The first kappa shape index (κ1) is 19.2. The van der Waals surface area contributed by atoms with Crippen LogP contribution in [0.1, 0.15) is 30.9 Å². The second-order valence-corrected chi connectivity index (χ2v) is 7.20. The van der Waals surface area contributed by atoms with Crippen LogP contribution >= 0.6 is 23.2 Å². The number of rotatable bonds is 6. The molecule has 2 aromatic rings. The van der Waals surface area contributed by atoms with Crippen molar-refractivity contribution >= 4 is 29.0 Å². The van der Waals surface area contributed by atoms with Gasteiger partial charge in [0.15, 0.2) is 0 Å². The molecule has 26 heavy (non-hydrogen) atoms. The lowest BCUT2D eigenvalue weighted by molar-refractivity contribution is 0.340. The fourth-order valence-corrected chi connectivity index (χ4v) is 3.61. The Morgan fingerprint density at radius 3 is 2.77 bits per heavy atom. The molecule has 1 aliphatic rings. The highest BCUT2D eigenvalue weighted by Gasteiger charge is 2.24. The van der Waals surface area contributed by atoms with E-state index in [1.54, 1.807) is 6.20 Å². The van der Waals surface area contributed by atoms with Crippen molar-refractivity contribution in [3.8, 4) is 5.75 Å². The number of hydrogen-bond donors (Lipinski definition) is 1. The number of halogens is 2. The van der Waals surface area contributed by atoms with Crippen LogP contribution in [0.5, 0.6) is 5.75 Å². The van der Waals surface area contributed by atoms with Crippen molar-refractivity contribution in [3.63, 3.8) is 0 Å². The van der Waals surface area contributed by atoms with Gasteiger partial charge in [-0.3, -0.25) is 0 Å². The summed E-state index contributed by atoms with van der Waals surface area (Å²) in [6.45, 7) is 7.29. The molecule has 0 atom stereocenters. The van der Waals surface area contributed by atoms with Crippen LogP contribution in [0.2, 0.25) is 10.3 Å². The van der Waals surface area contributed by atoms with Crippen molar-refractivity contribution in [1.82, 2.24) is 15.3 Å². The van der Waals surface area contributed by atoms with E-state index in [1.807, 2.05) is 32.0 Å². The van der Waals surface area contributed by atoms with Crippen LogP contribution in [-0.2, 0) is 6.54 Å². The fraction of sp³-hybridized carbons (Fsp3) is 0.474. The average Bonchev–Trinajstić information content (AvgIpc) is 2.65. The molecule has 3 rings (SSSR count). The van der Waals surface area contributed by atoms with Crippen molar-refractivity contribution in [3.05, 3.63) is 45.8 Å². The second kappa shape index (κ2) is 8.89. The second-order valence-electron chi connectivity index (χ2n) is 6.45. The molecule has 1 aromatic heterocycles. The van der Waals surface area contributed by atoms with Crippen LogP contribution in [-0.4, -0.2) is 35.7 Å². The number of benzene rings is 1. The molecule has 0 spiro atoms. The number of nitrogens with one attached hydrogen (secondary N) is 1. The van der Waals surface area contributed by atoms with Gasteiger partial charge in [0.05, 0.1) is 11.6 Å². The van der Waals surface area contributed by atoms with Gasteiger partial charge in [-0.2, -0.15) is 0 Å². The largest absolute Gasteiger partial charge is 0.492 e. The van der Waals surface area contributed by atoms with Crippen LogP contribution in [0.25, 0.3) is 0 Å². The number of aryl methyl sites for hydroxylation is 1. The maximum absolute atomic E-state index is 6.24. The van der Waals surface area contributed by atoms with Gasteiger partial charge < -0.3 is 15.0 Å². The average molecular weight is 395 g/mol. The molecule has 0 aliphatic carbocycles. The Bertz CT molecular complexity index is 750. The number of hydrogen-bond acceptors (Lipinski definition) is 5. The van der Waals surface area contributed by atoms with Gasteiger partial charge in [0.2, 0.25) is 5.28 Å². The lowest BCUT2D eigenvalue weighted by Gasteiger charge is -2.36. The molecule has 1 N–H and O–H groups in total. The van der Waals surface area contributed by atoms with Gasteiger partial charge >= 0.3 is 0 Å². The van der Waals surface area contributed by atoms with Gasteiger partial charge in [0.1, 0.15) is 11.6 Å². The number of nitrogens with zero attached hydrogens (tertiary/aromatic N) is 3. The van der Waals surface area contributed by atoms with E-state index in [-0.39, 0.29) is 5.28 Å². The minimum atomic E-state index is 0.274. The number of aromatic nitrogens is 2. The monoisotopic (exact) mass is 394 g/mol. The number of piperidine rings is 1.